The van der Waals surface area contributed by atoms with Crippen molar-refractivity contribution in [2.75, 3.05) is 0 Å². The maximum absolute atomic E-state index is 11.8. The maximum atomic E-state index is 11.8. The Labute approximate surface area is 60.1 Å². The minimum Gasteiger partial charge on any atom is -0.375 e. The van der Waals surface area contributed by atoms with Gasteiger partial charge in [0.2, 0.25) is 3.79 Å². The number of allylic oxidation sites excluding steroid dienone is 1. The summed E-state index contributed by atoms with van der Waals surface area (Å²) in [6.07, 6.45) is 0. The molecule has 0 rings (SSSR count). The molecule has 0 fully saturated rings. The highest BCUT2D eigenvalue weighted by molar-refractivity contribution is 14.1. The molecular formula is C4H5FINO. The van der Waals surface area contributed by atoms with Gasteiger partial charge >= 0.3 is 0 Å². The molecule has 46 valence electrons. The van der Waals surface area contributed by atoms with Gasteiger partial charge in [0.15, 0.2) is 5.95 Å². The molecule has 0 aromatic rings. The van der Waals surface area contributed by atoms with Gasteiger partial charge in [-0.05, 0) is 6.92 Å². The van der Waals surface area contributed by atoms with Crippen molar-refractivity contribution < 1.29 is 9.18 Å². The summed E-state index contributed by atoms with van der Waals surface area (Å²) in [5, 5.41) is 0. The van der Waals surface area contributed by atoms with Gasteiger partial charge in [0.25, 0.3) is 0 Å². The van der Waals surface area contributed by atoms with Gasteiger partial charge in [-0.15, -0.1) is 0 Å². The molecule has 0 aliphatic carbocycles. The molecule has 0 spiro atoms. The lowest BCUT2D eigenvalue weighted by Gasteiger charge is -1.88. The van der Waals surface area contributed by atoms with E-state index in [-0.39, 0.29) is 9.36 Å². The quantitative estimate of drug-likeness (QED) is 0.316. The van der Waals surface area contributed by atoms with Gasteiger partial charge in [-0.25, -0.2) is 0 Å². The molecule has 4 heteroatoms. The Morgan fingerprint density at radius 3 is 2.12 bits per heavy atom. The summed E-state index contributed by atoms with van der Waals surface area (Å²) in [5.41, 5.74) is 4.60. The molecule has 0 bridgehead atoms. The standard InChI is InChI=1S/C4H5FINO/c1-2(3(5)7)4(6)8/h7H2,1H3. The zero-order chi connectivity index (χ0) is 6.73. The highest BCUT2D eigenvalue weighted by Gasteiger charge is 2.01. The molecule has 0 amide bonds. The first-order chi connectivity index (χ1) is 3.55. The van der Waals surface area contributed by atoms with E-state index in [1.54, 1.807) is 0 Å². The second kappa shape index (κ2) is 3.01. The molecule has 0 heterocycles. The number of carbonyl (C=O) groups is 1. The largest absolute Gasteiger partial charge is 0.375 e. The first-order valence-electron chi connectivity index (χ1n) is 1.87. The van der Waals surface area contributed by atoms with Crippen LogP contribution in [0.1, 0.15) is 6.92 Å². The number of hydrogen-bond acceptors (Lipinski definition) is 2. The van der Waals surface area contributed by atoms with E-state index in [2.05, 4.69) is 5.73 Å². The Balaban J connectivity index is 4.23. The SMILES string of the molecule is CC(C(=O)I)=C(N)F. The highest BCUT2D eigenvalue weighted by Crippen LogP contribution is 2.04. The normalized spacial score (nSPS) is 12.9. The molecule has 0 aromatic heterocycles. The summed E-state index contributed by atoms with van der Waals surface area (Å²) in [6, 6.07) is 0. The number of carbonyl (C=O) groups excluding carboxylic acids is 1. The number of hydrogen-bond donors (Lipinski definition) is 1. The van der Waals surface area contributed by atoms with Crippen molar-refractivity contribution in [2.24, 2.45) is 5.73 Å². The van der Waals surface area contributed by atoms with Gasteiger partial charge in [-0.2, -0.15) is 4.39 Å². The third kappa shape index (κ3) is 2.25. The smallest absolute Gasteiger partial charge is 0.222 e. The molecular weight excluding hydrogens is 224 g/mol. The fourth-order valence-corrected chi connectivity index (χ4v) is 0.352. The van der Waals surface area contributed by atoms with E-state index < -0.39 is 5.95 Å². The topological polar surface area (TPSA) is 43.1 Å². The molecule has 0 saturated heterocycles. The van der Waals surface area contributed by atoms with Crippen LogP contribution >= 0.6 is 22.6 Å². The van der Waals surface area contributed by atoms with Gasteiger partial charge in [-0.1, -0.05) is 0 Å². The van der Waals surface area contributed by atoms with Crippen LogP contribution in [0.15, 0.2) is 11.5 Å². The molecule has 0 saturated carbocycles. The van der Waals surface area contributed by atoms with Gasteiger partial charge in [0, 0.05) is 22.6 Å². The fraction of sp³-hybridized carbons (Fsp3) is 0.250. The zero-order valence-corrected chi connectivity index (χ0v) is 6.40. The zero-order valence-electron chi connectivity index (χ0n) is 4.24. The van der Waals surface area contributed by atoms with Crippen molar-refractivity contribution in [1.29, 1.82) is 0 Å². The van der Waals surface area contributed by atoms with Gasteiger partial charge in [-0.3, -0.25) is 4.79 Å². The molecule has 0 aliphatic rings. The van der Waals surface area contributed by atoms with E-state index in [4.69, 9.17) is 0 Å². The molecule has 0 aromatic carbocycles. The van der Waals surface area contributed by atoms with Crippen molar-refractivity contribution >= 4 is 26.4 Å². The lowest BCUT2D eigenvalue weighted by atomic mass is 10.4. The van der Waals surface area contributed by atoms with Crippen molar-refractivity contribution in [3.8, 4) is 0 Å². The van der Waals surface area contributed by atoms with Gasteiger partial charge in [0.1, 0.15) is 0 Å². The monoisotopic (exact) mass is 229 g/mol. The average Bonchev–Trinajstić information content (AvgIpc) is 1.64. The molecule has 0 atom stereocenters. The number of halogens is 2. The summed E-state index contributed by atoms with van der Waals surface area (Å²) >= 11 is 1.47. The van der Waals surface area contributed by atoms with Crippen LogP contribution in [0.3, 0.4) is 0 Å². The van der Waals surface area contributed by atoms with Crippen molar-refractivity contribution in [3.05, 3.63) is 11.5 Å². The van der Waals surface area contributed by atoms with Gasteiger partial charge < -0.3 is 5.73 Å². The number of nitrogens with two attached hydrogens (primary N) is 1. The Morgan fingerprint density at radius 1 is 1.75 bits per heavy atom. The van der Waals surface area contributed by atoms with E-state index in [9.17, 15) is 9.18 Å². The Bertz CT molecular complexity index is 139. The summed E-state index contributed by atoms with van der Waals surface area (Å²) in [7, 11) is 0. The summed E-state index contributed by atoms with van der Waals surface area (Å²) in [4.78, 5) is 10.2. The van der Waals surface area contributed by atoms with Crippen LogP contribution in [-0.2, 0) is 4.79 Å². The Morgan fingerprint density at radius 2 is 2.12 bits per heavy atom. The summed E-state index contributed by atoms with van der Waals surface area (Å²) < 4.78 is 11.4. The molecule has 0 unspecified atom stereocenters. The molecule has 2 nitrogen and oxygen atoms in total. The third-order valence-electron chi connectivity index (χ3n) is 0.653. The average molecular weight is 229 g/mol. The lowest BCUT2D eigenvalue weighted by Crippen LogP contribution is -1.98. The molecule has 0 radical (unpaired) electrons. The maximum Gasteiger partial charge on any atom is 0.222 e. The molecule has 2 N–H and O–H groups in total. The van der Waals surface area contributed by atoms with Crippen molar-refractivity contribution in [3.63, 3.8) is 0 Å². The van der Waals surface area contributed by atoms with E-state index in [1.165, 1.54) is 29.5 Å². The minimum absolute atomic E-state index is 0.0226. The lowest BCUT2D eigenvalue weighted by molar-refractivity contribution is -0.106. The van der Waals surface area contributed by atoms with Gasteiger partial charge in [0.05, 0.1) is 5.57 Å². The van der Waals surface area contributed by atoms with Crippen LogP contribution in [0, 0.1) is 0 Å². The van der Waals surface area contributed by atoms with Crippen LogP contribution in [0.5, 0.6) is 0 Å². The van der Waals surface area contributed by atoms with E-state index >= 15 is 0 Å². The Hall–Kier alpha value is -0.130. The number of rotatable bonds is 1. The van der Waals surface area contributed by atoms with Crippen molar-refractivity contribution in [1.82, 2.24) is 0 Å². The van der Waals surface area contributed by atoms with E-state index in [0.717, 1.165) is 0 Å². The van der Waals surface area contributed by atoms with Crippen LogP contribution in [0.2, 0.25) is 0 Å². The van der Waals surface area contributed by atoms with Crippen LogP contribution in [-0.4, -0.2) is 3.79 Å². The second-order valence-electron chi connectivity index (χ2n) is 1.25. The van der Waals surface area contributed by atoms with E-state index in [0.29, 0.717) is 0 Å². The first kappa shape index (κ1) is 7.87. The minimum atomic E-state index is -0.899. The second-order valence-corrected chi connectivity index (χ2v) is 2.23. The van der Waals surface area contributed by atoms with E-state index in [1.807, 2.05) is 0 Å². The first-order valence-corrected chi connectivity index (χ1v) is 2.95. The predicted molar refractivity (Wildman–Crippen MR) is 37.0 cm³/mol. The third-order valence-corrected chi connectivity index (χ3v) is 1.46. The Kier molecular flexibility index (Phi) is 2.96. The summed E-state index contributed by atoms with van der Waals surface area (Å²) in [6.45, 7) is 1.34. The van der Waals surface area contributed by atoms with Crippen LogP contribution in [0.4, 0.5) is 4.39 Å². The van der Waals surface area contributed by atoms with Crippen LogP contribution < -0.4 is 5.73 Å². The predicted octanol–water partition coefficient (Wildman–Crippen LogP) is 1.11. The molecule has 0 aliphatic heterocycles. The van der Waals surface area contributed by atoms with Crippen LogP contribution in [0.25, 0.3) is 0 Å². The fourth-order valence-electron chi connectivity index (χ4n) is 0.0939. The van der Waals surface area contributed by atoms with Crippen molar-refractivity contribution in [2.45, 2.75) is 6.92 Å². The molecule has 8 heavy (non-hydrogen) atoms. The summed E-state index contributed by atoms with van der Waals surface area (Å²) in [5.74, 6) is -0.899. The highest BCUT2D eigenvalue weighted by atomic mass is 127.